The molecule has 5 nitrogen and oxygen atoms in total. The van der Waals surface area contributed by atoms with Crippen molar-refractivity contribution in [3.63, 3.8) is 0 Å². The summed E-state index contributed by atoms with van der Waals surface area (Å²) in [6.07, 6.45) is 0.276. The fourth-order valence-electron chi connectivity index (χ4n) is 2.81. The minimum atomic E-state index is -0.446. The molecule has 2 heterocycles. The predicted octanol–water partition coefficient (Wildman–Crippen LogP) is 1.89. The largest absolute Gasteiger partial charge is 0.494 e. The quantitative estimate of drug-likeness (QED) is 0.618. The van der Waals surface area contributed by atoms with Crippen LogP contribution in [0.3, 0.4) is 0 Å². The van der Waals surface area contributed by atoms with Gasteiger partial charge in [-0.1, -0.05) is 19.1 Å². The number of imide groups is 1. The van der Waals surface area contributed by atoms with Gasteiger partial charge in [0.15, 0.2) is 0 Å². The number of hydrogen-bond donors (Lipinski definition) is 0. The Morgan fingerprint density at radius 3 is 2.00 bits per heavy atom. The second kappa shape index (κ2) is 5.18. The lowest BCUT2D eigenvalue weighted by molar-refractivity contribution is -0.122. The molecule has 0 spiro atoms. The first-order chi connectivity index (χ1) is 10.6. The van der Waals surface area contributed by atoms with Gasteiger partial charge in [0.05, 0.1) is 16.9 Å². The lowest BCUT2D eigenvalue weighted by atomic mass is 9.79. The molecule has 0 aromatic heterocycles. The summed E-state index contributed by atoms with van der Waals surface area (Å²) in [5, 5.41) is 0. The van der Waals surface area contributed by atoms with Crippen LogP contribution in [0.25, 0.3) is 0 Å². The highest BCUT2D eigenvalue weighted by Gasteiger charge is 2.51. The third kappa shape index (κ3) is 2.60. The van der Waals surface area contributed by atoms with Gasteiger partial charge in [-0.25, -0.2) is 0 Å². The number of rotatable bonds is 2. The lowest BCUT2D eigenvalue weighted by Gasteiger charge is -2.32. The van der Waals surface area contributed by atoms with Crippen LogP contribution < -0.4 is 10.4 Å². The zero-order valence-corrected chi connectivity index (χ0v) is 14.3. The van der Waals surface area contributed by atoms with Gasteiger partial charge in [0, 0.05) is 12.3 Å². The van der Waals surface area contributed by atoms with Crippen molar-refractivity contribution in [2.24, 2.45) is 5.92 Å². The van der Waals surface area contributed by atoms with Crippen LogP contribution in [0.15, 0.2) is 24.3 Å². The average Bonchev–Trinajstić information content (AvgIpc) is 2.83. The van der Waals surface area contributed by atoms with E-state index in [0.29, 0.717) is 5.69 Å². The summed E-state index contributed by atoms with van der Waals surface area (Å²) in [6.45, 7) is 9.79. The molecule has 0 radical (unpaired) electrons. The molecule has 2 amide bonds. The summed E-state index contributed by atoms with van der Waals surface area (Å²) < 4.78 is 12.0. The smallest absolute Gasteiger partial charge is 0.399 e. The Hall–Kier alpha value is -1.66. The van der Waals surface area contributed by atoms with Gasteiger partial charge < -0.3 is 9.31 Å². The summed E-state index contributed by atoms with van der Waals surface area (Å²) in [5.41, 5.74) is 0.684. The van der Waals surface area contributed by atoms with E-state index >= 15 is 0 Å². The second-order valence-corrected chi connectivity index (χ2v) is 7.35. The third-order valence-electron chi connectivity index (χ3n) is 5.05. The normalized spacial score (nSPS) is 26.2. The summed E-state index contributed by atoms with van der Waals surface area (Å²) in [7, 11) is -0.446. The minimum Gasteiger partial charge on any atom is -0.399 e. The van der Waals surface area contributed by atoms with Crippen molar-refractivity contribution in [3.8, 4) is 0 Å². The first kappa shape index (κ1) is 16.2. The van der Waals surface area contributed by atoms with Crippen molar-refractivity contribution in [1.82, 2.24) is 0 Å². The molecule has 0 bridgehead atoms. The molecule has 122 valence electrons. The molecule has 2 aliphatic rings. The maximum absolute atomic E-state index is 12.1. The fourth-order valence-corrected chi connectivity index (χ4v) is 2.81. The zero-order chi connectivity index (χ0) is 17.0. The number of hydrogen-bond acceptors (Lipinski definition) is 4. The molecule has 1 aromatic carbocycles. The van der Waals surface area contributed by atoms with Gasteiger partial charge in [-0.2, -0.15) is 0 Å². The van der Waals surface area contributed by atoms with Gasteiger partial charge in [0.2, 0.25) is 11.8 Å². The Balaban J connectivity index is 1.81. The molecule has 0 aliphatic carbocycles. The molecule has 3 rings (SSSR count). The predicted molar refractivity (Wildman–Crippen MR) is 88.4 cm³/mol. The minimum absolute atomic E-state index is 0.140. The Bertz CT molecular complexity index is 637. The molecular weight excluding hydrogens is 293 g/mol. The molecule has 6 heteroatoms. The Morgan fingerprint density at radius 2 is 1.57 bits per heavy atom. The van der Waals surface area contributed by atoms with E-state index < -0.39 is 18.3 Å². The van der Waals surface area contributed by atoms with Gasteiger partial charge >= 0.3 is 7.12 Å². The van der Waals surface area contributed by atoms with E-state index in [4.69, 9.17) is 9.31 Å². The summed E-state index contributed by atoms with van der Waals surface area (Å²) >= 11 is 0. The van der Waals surface area contributed by atoms with E-state index in [-0.39, 0.29) is 24.2 Å². The average molecular weight is 315 g/mol. The maximum Gasteiger partial charge on any atom is 0.494 e. The molecule has 2 fully saturated rings. The van der Waals surface area contributed by atoms with Crippen LogP contribution in [0.2, 0.25) is 0 Å². The van der Waals surface area contributed by atoms with Crippen LogP contribution in [-0.2, 0) is 18.9 Å². The van der Waals surface area contributed by atoms with E-state index in [1.807, 2.05) is 39.8 Å². The van der Waals surface area contributed by atoms with Crippen molar-refractivity contribution in [2.75, 3.05) is 4.90 Å². The van der Waals surface area contributed by atoms with Crippen molar-refractivity contribution in [3.05, 3.63) is 24.3 Å². The number of carbonyl (C=O) groups excluding carboxylic acids is 2. The van der Waals surface area contributed by atoms with Crippen LogP contribution in [0, 0.1) is 5.92 Å². The molecule has 0 N–H and O–H groups in total. The lowest BCUT2D eigenvalue weighted by Crippen LogP contribution is -2.41. The summed E-state index contributed by atoms with van der Waals surface area (Å²) in [4.78, 5) is 25.3. The molecule has 1 atom stereocenters. The van der Waals surface area contributed by atoms with Crippen LogP contribution in [0.4, 0.5) is 5.69 Å². The monoisotopic (exact) mass is 315 g/mol. The number of anilines is 1. The van der Waals surface area contributed by atoms with Gasteiger partial charge in [0.1, 0.15) is 0 Å². The first-order valence-corrected chi connectivity index (χ1v) is 7.95. The topological polar surface area (TPSA) is 55.8 Å². The highest BCUT2D eigenvalue weighted by molar-refractivity contribution is 6.62. The van der Waals surface area contributed by atoms with Gasteiger partial charge in [-0.05, 0) is 45.3 Å². The van der Waals surface area contributed by atoms with Gasteiger partial charge in [-0.15, -0.1) is 0 Å². The third-order valence-corrected chi connectivity index (χ3v) is 5.05. The van der Waals surface area contributed by atoms with Gasteiger partial charge in [0.25, 0.3) is 0 Å². The molecule has 1 aromatic rings. The van der Waals surface area contributed by atoms with E-state index in [1.54, 1.807) is 19.1 Å². The van der Waals surface area contributed by atoms with Crippen LogP contribution in [0.5, 0.6) is 0 Å². The highest BCUT2D eigenvalue weighted by Crippen LogP contribution is 2.36. The van der Waals surface area contributed by atoms with Crippen molar-refractivity contribution >= 4 is 30.1 Å². The number of nitrogens with zero attached hydrogens (tertiary/aromatic N) is 1. The fraction of sp³-hybridized carbons (Fsp3) is 0.529. The molecule has 23 heavy (non-hydrogen) atoms. The number of amides is 2. The number of carbonyl (C=O) groups is 2. The van der Waals surface area contributed by atoms with Crippen LogP contribution >= 0.6 is 0 Å². The summed E-state index contributed by atoms with van der Waals surface area (Å²) in [6, 6.07) is 7.24. The SMILES string of the molecule is CC1CC(=O)N(c2ccc(B3OC(C)(C)C(C)(C)O3)cc2)C1=O. The standard InChI is InChI=1S/C17H22BNO4/c1-11-10-14(20)19(15(11)21)13-8-6-12(7-9-13)18-22-16(2,3)17(4,5)23-18/h6-9,11H,10H2,1-5H3. The van der Waals surface area contributed by atoms with Crippen molar-refractivity contribution < 1.29 is 18.9 Å². The molecule has 0 saturated carbocycles. The van der Waals surface area contributed by atoms with Gasteiger partial charge in [-0.3, -0.25) is 14.5 Å². The number of benzene rings is 1. The van der Waals surface area contributed by atoms with Crippen molar-refractivity contribution in [2.45, 2.75) is 52.2 Å². The second-order valence-electron chi connectivity index (χ2n) is 7.35. The van der Waals surface area contributed by atoms with Crippen LogP contribution in [0.1, 0.15) is 41.0 Å². The van der Waals surface area contributed by atoms with E-state index in [9.17, 15) is 9.59 Å². The molecule has 2 saturated heterocycles. The molecular formula is C17H22BNO4. The van der Waals surface area contributed by atoms with E-state index in [2.05, 4.69) is 0 Å². The Kier molecular flexibility index (Phi) is 3.65. The van der Waals surface area contributed by atoms with E-state index in [1.165, 1.54) is 4.90 Å². The molecule has 1 unspecified atom stereocenters. The highest BCUT2D eigenvalue weighted by atomic mass is 16.7. The Morgan fingerprint density at radius 1 is 1.04 bits per heavy atom. The molecule has 2 aliphatic heterocycles. The maximum atomic E-state index is 12.1. The van der Waals surface area contributed by atoms with E-state index in [0.717, 1.165) is 5.46 Å². The summed E-state index contributed by atoms with van der Waals surface area (Å²) in [5.74, 6) is -0.533. The Labute approximate surface area is 137 Å². The van der Waals surface area contributed by atoms with Crippen LogP contribution in [-0.4, -0.2) is 30.1 Å². The zero-order valence-electron chi connectivity index (χ0n) is 14.3. The van der Waals surface area contributed by atoms with Crippen molar-refractivity contribution in [1.29, 1.82) is 0 Å². The first-order valence-electron chi connectivity index (χ1n) is 7.95.